The highest BCUT2D eigenvalue weighted by Crippen LogP contribution is 2.19. The minimum atomic E-state index is -0.0932. The van der Waals surface area contributed by atoms with E-state index in [1.807, 2.05) is 30.3 Å². The summed E-state index contributed by atoms with van der Waals surface area (Å²) in [6.07, 6.45) is 1.36. The molecule has 0 aliphatic carbocycles. The number of nitrogens with zero attached hydrogens (tertiary/aromatic N) is 2. The van der Waals surface area contributed by atoms with Crippen LogP contribution >= 0.6 is 11.3 Å². The number of aryl methyl sites for hydroxylation is 2. The summed E-state index contributed by atoms with van der Waals surface area (Å²) in [5.41, 5.74) is 3.39. The minimum Gasteiger partial charge on any atom is -0.316 e. The third kappa shape index (κ3) is 3.59. The van der Waals surface area contributed by atoms with Crippen molar-refractivity contribution in [2.45, 2.75) is 33.2 Å². The summed E-state index contributed by atoms with van der Waals surface area (Å²) < 4.78 is 3.34. The molecule has 118 valence electrons. The Morgan fingerprint density at radius 3 is 2.70 bits per heavy atom. The Labute approximate surface area is 139 Å². The Bertz CT molecular complexity index is 891. The first-order valence-electron chi connectivity index (χ1n) is 7.89. The third-order valence-electron chi connectivity index (χ3n) is 3.70. The molecule has 0 unspecified atom stereocenters. The first kappa shape index (κ1) is 15.7. The van der Waals surface area contributed by atoms with Gasteiger partial charge in [0.25, 0.3) is 5.91 Å². The van der Waals surface area contributed by atoms with Crippen molar-refractivity contribution in [3.05, 3.63) is 64.5 Å². The zero-order valence-corrected chi connectivity index (χ0v) is 14.3. The molecule has 0 radical (unpaired) electrons. The molecule has 1 aromatic heterocycles. The molecule has 1 amide bonds. The average Bonchev–Trinajstić information content (AvgIpc) is 2.85. The molecule has 1 heterocycles. The van der Waals surface area contributed by atoms with Crippen molar-refractivity contribution in [1.29, 1.82) is 0 Å². The van der Waals surface area contributed by atoms with Gasteiger partial charge in [-0.1, -0.05) is 54.7 Å². The molecule has 3 nitrogen and oxygen atoms in total. The van der Waals surface area contributed by atoms with Crippen molar-refractivity contribution < 1.29 is 4.79 Å². The summed E-state index contributed by atoms with van der Waals surface area (Å²) in [5.74, 6) is -0.0932. The molecule has 0 aliphatic heterocycles. The second kappa shape index (κ2) is 6.92. The lowest BCUT2D eigenvalue weighted by atomic mass is 10.1. The molecule has 2 aromatic carbocycles. The normalized spacial score (nSPS) is 12.0. The van der Waals surface area contributed by atoms with E-state index in [1.54, 1.807) is 11.3 Å². The quantitative estimate of drug-likeness (QED) is 0.712. The second-order valence-corrected chi connectivity index (χ2v) is 6.68. The van der Waals surface area contributed by atoms with Crippen LogP contribution in [0, 0.1) is 6.92 Å². The third-order valence-corrected chi connectivity index (χ3v) is 4.75. The summed E-state index contributed by atoms with van der Waals surface area (Å²) >= 11 is 1.59. The maximum Gasteiger partial charge on any atom is 0.252 e. The number of fused-ring (bicyclic) bond motifs is 1. The number of rotatable bonds is 4. The number of carbonyl (C=O) groups is 1. The highest BCUT2D eigenvalue weighted by atomic mass is 32.1. The maximum atomic E-state index is 12.3. The van der Waals surface area contributed by atoms with Crippen molar-refractivity contribution in [3.63, 3.8) is 0 Å². The Morgan fingerprint density at radius 1 is 1.17 bits per heavy atom. The smallest absolute Gasteiger partial charge is 0.252 e. The van der Waals surface area contributed by atoms with Crippen LogP contribution in [-0.2, 0) is 17.8 Å². The van der Waals surface area contributed by atoms with E-state index in [9.17, 15) is 4.79 Å². The van der Waals surface area contributed by atoms with Gasteiger partial charge in [0.2, 0.25) is 0 Å². The largest absolute Gasteiger partial charge is 0.316 e. The van der Waals surface area contributed by atoms with Crippen LogP contribution in [0.4, 0.5) is 0 Å². The molecule has 4 heteroatoms. The van der Waals surface area contributed by atoms with Crippen LogP contribution in [0.1, 0.15) is 24.5 Å². The van der Waals surface area contributed by atoms with Crippen LogP contribution in [-0.4, -0.2) is 10.5 Å². The molecule has 0 spiro atoms. The minimum absolute atomic E-state index is 0.0932. The molecular weight excluding hydrogens is 304 g/mol. The van der Waals surface area contributed by atoms with Crippen molar-refractivity contribution in [2.75, 3.05) is 0 Å². The predicted octanol–water partition coefficient (Wildman–Crippen LogP) is 4.09. The van der Waals surface area contributed by atoms with Crippen LogP contribution < -0.4 is 4.80 Å². The lowest BCUT2D eigenvalue weighted by Gasteiger charge is -2.02. The van der Waals surface area contributed by atoms with Crippen molar-refractivity contribution in [3.8, 4) is 0 Å². The monoisotopic (exact) mass is 324 g/mol. The maximum absolute atomic E-state index is 12.3. The fourth-order valence-corrected chi connectivity index (χ4v) is 3.79. The van der Waals surface area contributed by atoms with E-state index in [-0.39, 0.29) is 5.91 Å². The molecule has 0 atom stereocenters. The summed E-state index contributed by atoms with van der Waals surface area (Å²) in [7, 11) is 0. The highest BCUT2D eigenvalue weighted by molar-refractivity contribution is 7.16. The van der Waals surface area contributed by atoms with E-state index in [0.29, 0.717) is 6.42 Å². The molecule has 0 aliphatic rings. The van der Waals surface area contributed by atoms with Crippen LogP contribution in [0.25, 0.3) is 10.2 Å². The molecule has 3 aromatic rings. The second-order valence-electron chi connectivity index (χ2n) is 5.68. The molecule has 0 N–H and O–H groups in total. The van der Waals surface area contributed by atoms with Gasteiger partial charge in [0.15, 0.2) is 4.80 Å². The van der Waals surface area contributed by atoms with Gasteiger partial charge in [-0.05, 0) is 36.6 Å². The standard InChI is InChI=1S/C19H20N2OS/c1-3-11-21-16-10-9-14(2)12-17(16)23-19(21)20-18(22)13-15-7-5-4-6-8-15/h4-10,12H,3,11,13H2,1-2H3. The number of carbonyl (C=O) groups excluding carboxylic acids is 1. The van der Waals surface area contributed by atoms with Gasteiger partial charge in [-0.15, -0.1) is 0 Å². The van der Waals surface area contributed by atoms with E-state index in [1.165, 1.54) is 10.3 Å². The van der Waals surface area contributed by atoms with Gasteiger partial charge in [-0.2, -0.15) is 4.99 Å². The van der Waals surface area contributed by atoms with Gasteiger partial charge in [0.05, 0.1) is 16.6 Å². The van der Waals surface area contributed by atoms with Gasteiger partial charge in [0.1, 0.15) is 0 Å². The van der Waals surface area contributed by atoms with Crippen molar-refractivity contribution in [1.82, 2.24) is 4.57 Å². The van der Waals surface area contributed by atoms with Crippen molar-refractivity contribution in [2.24, 2.45) is 4.99 Å². The molecule has 0 bridgehead atoms. The van der Waals surface area contributed by atoms with E-state index in [0.717, 1.165) is 28.8 Å². The zero-order valence-electron chi connectivity index (χ0n) is 13.5. The first-order chi connectivity index (χ1) is 11.2. The molecule has 0 saturated heterocycles. The predicted molar refractivity (Wildman–Crippen MR) is 95.6 cm³/mol. The van der Waals surface area contributed by atoms with Crippen LogP contribution in [0.5, 0.6) is 0 Å². The molecule has 3 rings (SSSR count). The Hall–Kier alpha value is -2.20. The lowest BCUT2D eigenvalue weighted by molar-refractivity contribution is -0.117. The topological polar surface area (TPSA) is 34.4 Å². The Balaban J connectivity index is 2.00. The first-order valence-corrected chi connectivity index (χ1v) is 8.70. The van der Waals surface area contributed by atoms with Gasteiger partial charge >= 0.3 is 0 Å². The Morgan fingerprint density at radius 2 is 1.96 bits per heavy atom. The van der Waals surface area contributed by atoms with Crippen LogP contribution in [0.2, 0.25) is 0 Å². The number of hydrogen-bond acceptors (Lipinski definition) is 2. The lowest BCUT2D eigenvalue weighted by Crippen LogP contribution is -2.17. The summed E-state index contributed by atoms with van der Waals surface area (Å²) in [6, 6.07) is 16.2. The fourth-order valence-electron chi connectivity index (χ4n) is 2.62. The van der Waals surface area contributed by atoms with Crippen LogP contribution in [0.3, 0.4) is 0 Å². The molecule has 0 fully saturated rings. The molecule has 0 saturated carbocycles. The number of amides is 1. The molecular formula is C19H20N2OS. The van der Waals surface area contributed by atoms with Gasteiger partial charge < -0.3 is 4.57 Å². The van der Waals surface area contributed by atoms with Gasteiger partial charge in [-0.3, -0.25) is 4.79 Å². The van der Waals surface area contributed by atoms with E-state index < -0.39 is 0 Å². The van der Waals surface area contributed by atoms with Gasteiger partial charge in [0, 0.05) is 6.54 Å². The van der Waals surface area contributed by atoms with E-state index >= 15 is 0 Å². The molecule has 23 heavy (non-hydrogen) atoms. The highest BCUT2D eigenvalue weighted by Gasteiger charge is 2.08. The van der Waals surface area contributed by atoms with E-state index in [2.05, 4.69) is 41.6 Å². The fraction of sp³-hybridized carbons (Fsp3) is 0.263. The van der Waals surface area contributed by atoms with Crippen LogP contribution in [0.15, 0.2) is 53.5 Å². The Kier molecular flexibility index (Phi) is 4.72. The summed E-state index contributed by atoms with van der Waals surface area (Å²) in [6.45, 7) is 5.10. The van der Waals surface area contributed by atoms with Crippen molar-refractivity contribution >= 4 is 27.5 Å². The number of thiazole rings is 1. The summed E-state index contributed by atoms with van der Waals surface area (Å²) in [4.78, 5) is 17.5. The zero-order chi connectivity index (χ0) is 16.2. The average molecular weight is 324 g/mol. The SMILES string of the molecule is CCCn1c(=NC(=O)Cc2ccccc2)sc2cc(C)ccc21. The number of aromatic nitrogens is 1. The number of hydrogen-bond donors (Lipinski definition) is 0. The number of benzene rings is 2. The summed E-state index contributed by atoms with van der Waals surface area (Å²) in [5, 5.41) is 0. The van der Waals surface area contributed by atoms with Gasteiger partial charge in [-0.25, -0.2) is 0 Å². The van der Waals surface area contributed by atoms with E-state index in [4.69, 9.17) is 0 Å².